The third-order valence-electron chi connectivity index (χ3n) is 4.25. The van der Waals surface area contributed by atoms with Crippen molar-refractivity contribution in [1.29, 1.82) is 0 Å². The van der Waals surface area contributed by atoms with Gasteiger partial charge in [0.25, 0.3) is 5.91 Å². The van der Waals surface area contributed by atoms with Crippen molar-refractivity contribution in [3.05, 3.63) is 46.7 Å². The number of H-pyrrole nitrogens is 1. The summed E-state index contributed by atoms with van der Waals surface area (Å²) in [6, 6.07) is 8.73. The number of ether oxygens (including phenoxy) is 2. The monoisotopic (exact) mass is 387 g/mol. The summed E-state index contributed by atoms with van der Waals surface area (Å²) in [5, 5.41) is 3.19. The summed E-state index contributed by atoms with van der Waals surface area (Å²) in [5.41, 5.74) is 2.83. The van der Waals surface area contributed by atoms with Crippen molar-refractivity contribution >= 4 is 34.2 Å². The highest BCUT2D eigenvalue weighted by Crippen LogP contribution is 2.36. The number of imidazole rings is 1. The van der Waals surface area contributed by atoms with Crippen molar-refractivity contribution < 1.29 is 14.3 Å². The van der Waals surface area contributed by atoms with Gasteiger partial charge in [0.15, 0.2) is 11.5 Å². The van der Waals surface area contributed by atoms with E-state index in [1.54, 1.807) is 12.1 Å². The van der Waals surface area contributed by atoms with Crippen molar-refractivity contribution in [2.75, 3.05) is 19.5 Å². The molecule has 3 rings (SSSR count). The van der Waals surface area contributed by atoms with Gasteiger partial charge in [-0.25, -0.2) is 4.98 Å². The van der Waals surface area contributed by atoms with E-state index in [1.807, 2.05) is 18.2 Å². The Balaban J connectivity index is 1.82. The number of carbonyl (C=O) groups excluding carboxylic acids is 1. The molecule has 0 radical (unpaired) electrons. The number of methoxy groups -OCH3 is 2. The zero-order valence-electron chi connectivity index (χ0n) is 15.6. The standard InChI is InChI=1S/C20H22ClN3O3/c1-4-5-6-18-23-15-8-7-13(11-16(15)24-18)22-20(25)12-9-14(21)19(27-3)17(10-12)26-2/h7-11H,4-6H2,1-3H3,(H,22,25)(H,23,24). The maximum absolute atomic E-state index is 12.6. The Morgan fingerprint density at radius 3 is 2.74 bits per heavy atom. The van der Waals surface area contributed by atoms with E-state index in [2.05, 4.69) is 22.2 Å². The molecule has 142 valence electrons. The Morgan fingerprint density at radius 2 is 2.04 bits per heavy atom. The minimum atomic E-state index is -0.289. The van der Waals surface area contributed by atoms with Crippen LogP contribution in [0.15, 0.2) is 30.3 Å². The average molecular weight is 388 g/mol. The van der Waals surface area contributed by atoms with Gasteiger partial charge in [0, 0.05) is 17.7 Å². The summed E-state index contributed by atoms with van der Waals surface area (Å²) in [7, 11) is 3.00. The van der Waals surface area contributed by atoms with Gasteiger partial charge >= 0.3 is 0 Å². The van der Waals surface area contributed by atoms with Crippen LogP contribution in [-0.2, 0) is 6.42 Å². The van der Waals surface area contributed by atoms with Crippen molar-refractivity contribution in [1.82, 2.24) is 9.97 Å². The second-order valence-corrected chi connectivity index (χ2v) is 6.57. The molecule has 2 N–H and O–H groups in total. The van der Waals surface area contributed by atoms with Gasteiger partial charge in [0.1, 0.15) is 5.82 Å². The van der Waals surface area contributed by atoms with Gasteiger partial charge in [-0.2, -0.15) is 0 Å². The lowest BCUT2D eigenvalue weighted by molar-refractivity contribution is 0.102. The number of rotatable bonds is 7. The van der Waals surface area contributed by atoms with Crippen molar-refractivity contribution in [3.63, 3.8) is 0 Å². The Labute approximate surface area is 162 Å². The molecule has 0 spiro atoms. The first-order valence-corrected chi connectivity index (χ1v) is 9.15. The van der Waals surface area contributed by atoms with Crippen LogP contribution in [0.25, 0.3) is 11.0 Å². The molecule has 3 aromatic rings. The number of aryl methyl sites for hydroxylation is 1. The normalized spacial score (nSPS) is 10.8. The van der Waals surface area contributed by atoms with Crippen molar-refractivity contribution in [3.8, 4) is 11.5 Å². The molecular weight excluding hydrogens is 366 g/mol. The number of amides is 1. The second kappa shape index (κ2) is 8.31. The van der Waals surface area contributed by atoms with Gasteiger partial charge < -0.3 is 19.8 Å². The molecule has 0 fully saturated rings. The maximum atomic E-state index is 12.6. The Hall–Kier alpha value is -2.73. The van der Waals surface area contributed by atoms with E-state index in [0.717, 1.165) is 36.1 Å². The average Bonchev–Trinajstić information content (AvgIpc) is 3.07. The van der Waals surface area contributed by atoms with Crippen LogP contribution in [0.5, 0.6) is 11.5 Å². The summed E-state index contributed by atoms with van der Waals surface area (Å²) < 4.78 is 10.4. The highest BCUT2D eigenvalue weighted by molar-refractivity contribution is 6.32. The molecule has 0 aliphatic carbocycles. The molecule has 1 amide bonds. The molecule has 6 nitrogen and oxygen atoms in total. The zero-order valence-corrected chi connectivity index (χ0v) is 16.3. The number of nitrogens with zero attached hydrogens (tertiary/aromatic N) is 1. The smallest absolute Gasteiger partial charge is 0.255 e. The van der Waals surface area contributed by atoms with Gasteiger partial charge in [0.2, 0.25) is 0 Å². The second-order valence-electron chi connectivity index (χ2n) is 6.17. The van der Waals surface area contributed by atoms with Crippen LogP contribution in [0, 0.1) is 0 Å². The highest BCUT2D eigenvalue weighted by atomic mass is 35.5. The molecule has 1 aromatic heterocycles. The van der Waals surface area contributed by atoms with Gasteiger partial charge in [-0.3, -0.25) is 4.79 Å². The summed E-state index contributed by atoms with van der Waals surface area (Å²) in [5.74, 6) is 1.47. The number of aromatic nitrogens is 2. The van der Waals surface area contributed by atoms with Crippen LogP contribution >= 0.6 is 11.6 Å². The minimum absolute atomic E-state index is 0.289. The van der Waals surface area contributed by atoms with E-state index in [4.69, 9.17) is 21.1 Å². The predicted octanol–water partition coefficient (Wildman–Crippen LogP) is 4.83. The third-order valence-corrected chi connectivity index (χ3v) is 4.53. The Bertz CT molecular complexity index is 969. The van der Waals surface area contributed by atoms with E-state index in [-0.39, 0.29) is 5.91 Å². The van der Waals surface area contributed by atoms with Crippen LogP contribution in [0.3, 0.4) is 0 Å². The van der Waals surface area contributed by atoms with Gasteiger partial charge in [-0.15, -0.1) is 0 Å². The molecule has 0 aliphatic rings. The number of hydrogen-bond acceptors (Lipinski definition) is 4. The molecule has 0 saturated carbocycles. The van der Waals surface area contributed by atoms with Crippen LogP contribution in [-0.4, -0.2) is 30.1 Å². The summed E-state index contributed by atoms with van der Waals surface area (Å²) >= 11 is 6.18. The lowest BCUT2D eigenvalue weighted by Crippen LogP contribution is -2.12. The number of aromatic amines is 1. The topological polar surface area (TPSA) is 76.2 Å². The molecular formula is C20H22ClN3O3. The van der Waals surface area contributed by atoms with Crippen molar-refractivity contribution in [2.45, 2.75) is 26.2 Å². The number of nitrogens with one attached hydrogen (secondary N) is 2. The predicted molar refractivity (Wildman–Crippen MR) is 107 cm³/mol. The lowest BCUT2D eigenvalue weighted by atomic mass is 10.1. The number of unbranched alkanes of at least 4 members (excludes halogenated alkanes) is 1. The molecule has 0 unspecified atom stereocenters. The number of benzene rings is 2. The summed E-state index contributed by atoms with van der Waals surface area (Å²) in [4.78, 5) is 20.5. The van der Waals surface area contributed by atoms with E-state index in [0.29, 0.717) is 27.8 Å². The first-order valence-electron chi connectivity index (χ1n) is 8.77. The van der Waals surface area contributed by atoms with E-state index >= 15 is 0 Å². The fraction of sp³-hybridized carbons (Fsp3) is 0.300. The molecule has 27 heavy (non-hydrogen) atoms. The quantitative estimate of drug-likeness (QED) is 0.608. The summed E-state index contributed by atoms with van der Waals surface area (Å²) in [6.45, 7) is 2.15. The van der Waals surface area contributed by atoms with E-state index in [9.17, 15) is 4.79 Å². The van der Waals surface area contributed by atoms with Crippen molar-refractivity contribution in [2.24, 2.45) is 0 Å². The van der Waals surface area contributed by atoms with Crippen LogP contribution in [0.4, 0.5) is 5.69 Å². The summed E-state index contributed by atoms with van der Waals surface area (Å²) in [6.07, 6.45) is 3.12. The largest absolute Gasteiger partial charge is 0.493 e. The fourth-order valence-electron chi connectivity index (χ4n) is 2.86. The number of halogens is 1. The van der Waals surface area contributed by atoms with E-state index < -0.39 is 0 Å². The molecule has 0 aliphatic heterocycles. The van der Waals surface area contributed by atoms with Gasteiger partial charge in [-0.1, -0.05) is 24.9 Å². The number of carbonyl (C=O) groups is 1. The number of anilines is 1. The minimum Gasteiger partial charge on any atom is -0.493 e. The number of fused-ring (bicyclic) bond motifs is 1. The maximum Gasteiger partial charge on any atom is 0.255 e. The molecule has 1 heterocycles. The fourth-order valence-corrected chi connectivity index (χ4v) is 3.14. The molecule has 0 saturated heterocycles. The Kier molecular flexibility index (Phi) is 5.86. The highest BCUT2D eigenvalue weighted by Gasteiger charge is 2.15. The lowest BCUT2D eigenvalue weighted by Gasteiger charge is -2.12. The van der Waals surface area contributed by atoms with E-state index in [1.165, 1.54) is 14.2 Å². The first-order chi connectivity index (χ1) is 13.0. The zero-order chi connectivity index (χ0) is 19.4. The molecule has 0 atom stereocenters. The molecule has 7 heteroatoms. The molecule has 2 aromatic carbocycles. The number of hydrogen-bond donors (Lipinski definition) is 2. The van der Waals surface area contributed by atoms with Crippen LogP contribution in [0.1, 0.15) is 35.9 Å². The third kappa shape index (κ3) is 4.17. The van der Waals surface area contributed by atoms with Gasteiger partial charge in [0.05, 0.1) is 30.3 Å². The van der Waals surface area contributed by atoms with Gasteiger partial charge in [-0.05, 0) is 36.8 Å². The Morgan fingerprint density at radius 1 is 1.22 bits per heavy atom. The van der Waals surface area contributed by atoms with Crippen LogP contribution in [0.2, 0.25) is 5.02 Å². The first kappa shape index (κ1) is 19.0. The molecule has 0 bridgehead atoms. The van der Waals surface area contributed by atoms with Crippen LogP contribution < -0.4 is 14.8 Å². The SMILES string of the molecule is CCCCc1nc2ccc(NC(=O)c3cc(Cl)c(OC)c(OC)c3)cc2[nH]1.